The Bertz CT molecular complexity index is 2110. The van der Waals surface area contributed by atoms with Crippen LogP contribution in [0.15, 0.2) is 85.3 Å². The summed E-state index contributed by atoms with van der Waals surface area (Å²) in [6.45, 7) is 7.33. The maximum atomic E-state index is 12.7. The molecule has 0 saturated heterocycles. The lowest BCUT2D eigenvalue weighted by atomic mass is 10.1. The molecule has 3 heterocycles. The van der Waals surface area contributed by atoms with Crippen LogP contribution in [-0.4, -0.2) is 49.5 Å². The largest absolute Gasteiger partial charge is 0.493 e. The van der Waals surface area contributed by atoms with Gasteiger partial charge in [0.2, 0.25) is 0 Å². The molecule has 0 bridgehead atoms. The first kappa shape index (κ1) is 31.0. The van der Waals surface area contributed by atoms with E-state index in [1.165, 1.54) is 18.7 Å². The van der Waals surface area contributed by atoms with Gasteiger partial charge in [0.1, 0.15) is 11.4 Å². The van der Waals surface area contributed by atoms with Gasteiger partial charge in [-0.05, 0) is 68.8 Å². The number of esters is 1. The standard InChI is InChI=1S/C35H33N7O5/c1-21(43)46-31-16-27-28(17-30(31)45-5)40-32(23-9-6-10-25(14-23)37-19-22-8-7-13-36-18-22)41-33(27)39-26-11-12-29-24(15-26)20-38-42(29)34(44)47-35(2,3)4/h6-18,20,37H,19H2,1-5H3,(H,39,40,41). The van der Waals surface area contributed by atoms with E-state index < -0.39 is 17.7 Å². The van der Waals surface area contributed by atoms with Gasteiger partial charge in [0.25, 0.3) is 0 Å². The van der Waals surface area contributed by atoms with Crippen LogP contribution in [0.2, 0.25) is 0 Å². The van der Waals surface area contributed by atoms with Crippen LogP contribution in [0, 0.1) is 0 Å². The van der Waals surface area contributed by atoms with E-state index in [2.05, 4.69) is 20.7 Å². The molecule has 3 aromatic heterocycles. The molecule has 0 unspecified atom stereocenters. The lowest BCUT2D eigenvalue weighted by molar-refractivity contribution is -0.132. The molecular formula is C35H33N7O5. The Morgan fingerprint density at radius 2 is 1.77 bits per heavy atom. The average molecular weight is 632 g/mol. The van der Waals surface area contributed by atoms with Gasteiger partial charge in [0.15, 0.2) is 17.3 Å². The third kappa shape index (κ3) is 7.12. The smallest absolute Gasteiger partial charge is 0.435 e. The fourth-order valence-corrected chi connectivity index (χ4v) is 4.93. The molecule has 0 amide bonds. The normalized spacial score (nSPS) is 11.3. The number of pyridine rings is 1. The summed E-state index contributed by atoms with van der Waals surface area (Å²) < 4.78 is 17.7. The number of anilines is 3. The number of nitrogens with zero attached hydrogens (tertiary/aromatic N) is 5. The van der Waals surface area contributed by atoms with E-state index in [1.807, 2.05) is 54.7 Å². The monoisotopic (exact) mass is 631 g/mol. The summed E-state index contributed by atoms with van der Waals surface area (Å²) in [6, 6.07) is 20.6. The van der Waals surface area contributed by atoms with Crippen molar-refractivity contribution in [3.63, 3.8) is 0 Å². The number of fused-ring (bicyclic) bond motifs is 2. The summed E-state index contributed by atoms with van der Waals surface area (Å²) in [4.78, 5) is 38.6. The van der Waals surface area contributed by atoms with Crippen molar-refractivity contribution in [2.75, 3.05) is 17.7 Å². The fourth-order valence-electron chi connectivity index (χ4n) is 4.93. The zero-order chi connectivity index (χ0) is 33.1. The minimum absolute atomic E-state index is 0.239. The van der Waals surface area contributed by atoms with Crippen molar-refractivity contribution >= 4 is 51.1 Å². The maximum absolute atomic E-state index is 12.7. The summed E-state index contributed by atoms with van der Waals surface area (Å²) in [5.74, 6) is 1.03. The summed E-state index contributed by atoms with van der Waals surface area (Å²) >= 11 is 0. The van der Waals surface area contributed by atoms with Gasteiger partial charge in [-0.3, -0.25) is 9.78 Å². The first-order chi connectivity index (χ1) is 22.6. The van der Waals surface area contributed by atoms with E-state index in [4.69, 9.17) is 24.2 Å². The second-order valence-corrected chi connectivity index (χ2v) is 11.7. The highest BCUT2D eigenvalue weighted by Crippen LogP contribution is 2.37. The van der Waals surface area contributed by atoms with Crippen molar-refractivity contribution in [2.45, 2.75) is 39.8 Å². The van der Waals surface area contributed by atoms with Crippen LogP contribution in [0.4, 0.5) is 22.0 Å². The number of benzene rings is 3. The van der Waals surface area contributed by atoms with Gasteiger partial charge >= 0.3 is 12.1 Å². The van der Waals surface area contributed by atoms with Gasteiger partial charge in [-0.2, -0.15) is 9.78 Å². The molecule has 3 aromatic carbocycles. The quantitative estimate of drug-likeness (QED) is 0.131. The molecule has 0 radical (unpaired) electrons. The van der Waals surface area contributed by atoms with Gasteiger partial charge in [-0.15, -0.1) is 0 Å². The van der Waals surface area contributed by atoms with Crippen molar-refractivity contribution < 1.29 is 23.8 Å². The summed E-state index contributed by atoms with van der Waals surface area (Å²) in [6.07, 6.45) is 4.59. The Hall–Kier alpha value is -6.04. The maximum Gasteiger partial charge on any atom is 0.435 e. The zero-order valence-corrected chi connectivity index (χ0v) is 26.6. The van der Waals surface area contributed by atoms with E-state index in [0.717, 1.165) is 16.8 Å². The van der Waals surface area contributed by atoms with E-state index in [-0.39, 0.29) is 5.75 Å². The van der Waals surface area contributed by atoms with Crippen LogP contribution < -0.4 is 20.1 Å². The number of carbonyl (C=O) groups excluding carboxylic acids is 2. The van der Waals surface area contributed by atoms with Crippen LogP contribution in [0.3, 0.4) is 0 Å². The Morgan fingerprint density at radius 1 is 0.915 bits per heavy atom. The second kappa shape index (κ2) is 12.8. The Morgan fingerprint density at radius 3 is 2.51 bits per heavy atom. The molecule has 0 spiro atoms. The van der Waals surface area contributed by atoms with Crippen molar-refractivity contribution in [1.82, 2.24) is 24.7 Å². The second-order valence-electron chi connectivity index (χ2n) is 11.7. The van der Waals surface area contributed by atoms with Crippen molar-refractivity contribution in [2.24, 2.45) is 0 Å². The van der Waals surface area contributed by atoms with Crippen LogP contribution in [0.5, 0.6) is 11.5 Å². The van der Waals surface area contributed by atoms with E-state index in [1.54, 1.807) is 51.4 Å². The molecule has 238 valence electrons. The molecule has 0 aliphatic carbocycles. The highest BCUT2D eigenvalue weighted by atomic mass is 16.6. The average Bonchev–Trinajstić information content (AvgIpc) is 3.47. The van der Waals surface area contributed by atoms with E-state index >= 15 is 0 Å². The SMILES string of the molecule is COc1cc2nc(-c3cccc(NCc4cccnc4)c3)nc(Nc3ccc4c(cnn4C(=O)OC(C)(C)C)c3)c2cc1OC(C)=O. The Kier molecular flexibility index (Phi) is 8.40. The Labute approximate surface area is 270 Å². The first-order valence-corrected chi connectivity index (χ1v) is 14.9. The number of rotatable bonds is 8. The highest BCUT2D eigenvalue weighted by molar-refractivity contribution is 5.96. The number of aromatic nitrogens is 5. The molecule has 0 aliphatic rings. The molecule has 2 N–H and O–H groups in total. The van der Waals surface area contributed by atoms with E-state index in [0.29, 0.717) is 51.4 Å². The van der Waals surface area contributed by atoms with Crippen LogP contribution in [0.25, 0.3) is 33.2 Å². The highest BCUT2D eigenvalue weighted by Gasteiger charge is 2.21. The van der Waals surface area contributed by atoms with E-state index in [9.17, 15) is 9.59 Å². The molecule has 12 nitrogen and oxygen atoms in total. The molecule has 0 fully saturated rings. The minimum atomic E-state index is -0.661. The molecule has 0 aliphatic heterocycles. The van der Waals surface area contributed by atoms with Gasteiger partial charge in [-0.25, -0.2) is 14.8 Å². The predicted molar refractivity (Wildman–Crippen MR) is 179 cm³/mol. The molecular weight excluding hydrogens is 598 g/mol. The third-order valence-corrected chi connectivity index (χ3v) is 6.97. The summed E-state index contributed by atoms with van der Waals surface area (Å²) in [7, 11) is 1.50. The number of ether oxygens (including phenoxy) is 3. The van der Waals surface area contributed by atoms with Crippen LogP contribution in [-0.2, 0) is 16.1 Å². The number of carbonyl (C=O) groups is 2. The number of nitrogens with one attached hydrogen (secondary N) is 2. The van der Waals surface area contributed by atoms with Crippen LogP contribution >= 0.6 is 0 Å². The van der Waals surface area contributed by atoms with Gasteiger partial charge in [0, 0.05) is 59.6 Å². The molecule has 0 atom stereocenters. The van der Waals surface area contributed by atoms with Crippen LogP contribution in [0.1, 0.15) is 33.3 Å². The Balaban J connectivity index is 1.39. The van der Waals surface area contributed by atoms with Crippen molar-refractivity contribution in [3.8, 4) is 22.9 Å². The number of hydrogen-bond donors (Lipinski definition) is 2. The predicted octanol–water partition coefficient (Wildman–Crippen LogP) is 7.11. The van der Waals surface area contributed by atoms with Gasteiger partial charge in [-0.1, -0.05) is 18.2 Å². The van der Waals surface area contributed by atoms with Gasteiger partial charge < -0.3 is 24.8 Å². The lowest BCUT2D eigenvalue weighted by Crippen LogP contribution is -2.27. The molecule has 6 aromatic rings. The van der Waals surface area contributed by atoms with Crippen molar-refractivity contribution in [3.05, 3.63) is 90.9 Å². The first-order valence-electron chi connectivity index (χ1n) is 14.9. The minimum Gasteiger partial charge on any atom is -0.493 e. The molecule has 6 rings (SSSR count). The number of methoxy groups -OCH3 is 1. The fraction of sp³-hybridized carbons (Fsp3) is 0.200. The lowest BCUT2D eigenvalue weighted by Gasteiger charge is -2.19. The molecule has 0 saturated carbocycles. The van der Waals surface area contributed by atoms with Crippen molar-refractivity contribution in [1.29, 1.82) is 0 Å². The summed E-state index contributed by atoms with van der Waals surface area (Å²) in [5.41, 5.74) is 3.90. The summed E-state index contributed by atoms with van der Waals surface area (Å²) in [5, 5.41) is 12.4. The zero-order valence-electron chi connectivity index (χ0n) is 26.6. The molecule has 12 heteroatoms. The van der Waals surface area contributed by atoms with Gasteiger partial charge in [0.05, 0.1) is 24.3 Å². The molecule has 47 heavy (non-hydrogen) atoms. The third-order valence-electron chi connectivity index (χ3n) is 6.97. The number of hydrogen-bond acceptors (Lipinski definition) is 11. The topological polar surface area (TPSA) is 142 Å².